The highest BCUT2D eigenvalue weighted by molar-refractivity contribution is 7.25. The van der Waals surface area contributed by atoms with Gasteiger partial charge in [0, 0.05) is 34.5 Å². The third-order valence-corrected chi connectivity index (χ3v) is 9.47. The van der Waals surface area contributed by atoms with Crippen LogP contribution in [-0.4, -0.2) is 39.9 Å². The molecular weight excluding hydrogens is 609 g/mol. The van der Waals surface area contributed by atoms with E-state index >= 15 is 0 Å². The summed E-state index contributed by atoms with van der Waals surface area (Å²) < 4.78 is 0. The summed E-state index contributed by atoms with van der Waals surface area (Å²) >= 11 is 3.36. The molecule has 8 aromatic rings. The molecule has 0 spiro atoms. The first-order valence-corrected chi connectivity index (χ1v) is 16.0. The van der Waals surface area contributed by atoms with Crippen molar-refractivity contribution in [1.82, 2.24) is 39.9 Å². The average Bonchev–Trinajstić information content (AvgIpc) is 3.84. The van der Waals surface area contributed by atoms with Gasteiger partial charge in [0.2, 0.25) is 0 Å². The Bertz CT molecular complexity index is 1980. The molecule has 0 atom stereocenters. The van der Waals surface area contributed by atoms with Crippen molar-refractivity contribution in [2.75, 3.05) is 0 Å². The van der Waals surface area contributed by atoms with Crippen LogP contribution in [0.4, 0.5) is 0 Å². The molecule has 8 heterocycles. The fourth-order valence-corrected chi connectivity index (χ4v) is 6.90. The van der Waals surface area contributed by atoms with E-state index in [9.17, 15) is 0 Å². The number of hydrogen-bond donors (Lipinski definition) is 0. The number of rotatable bonds is 7. The van der Waals surface area contributed by atoms with Gasteiger partial charge in [-0.25, -0.2) is 19.9 Å². The van der Waals surface area contributed by atoms with E-state index in [1.165, 1.54) is 0 Å². The summed E-state index contributed by atoms with van der Waals surface area (Å²) in [5.74, 6) is 1.12. The van der Waals surface area contributed by atoms with Gasteiger partial charge in [0.05, 0.1) is 43.9 Å². The van der Waals surface area contributed by atoms with Crippen molar-refractivity contribution in [3.63, 3.8) is 0 Å². The molecule has 0 fully saturated rings. The summed E-state index contributed by atoms with van der Waals surface area (Å²) in [5.41, 5.74) is 6.11. The van der Waals surface area contributed by atoms with Gasteiger partial charge in [0.15, 0.2) is 11.6 Å². The number of aromatic nitrogens is 8. The Morgan fingerprint density at radius 3 is 1.02 bits per heavy atom. The first-order valence-electron chi connectivity index (χ1n) is 14.4. The molecule has 218 valence electrons. The Morgan fingerprint density at radius 2 is 0.652 bits per heavy atom. The number of nitrogens with zero attached hydrogens (tertiary/aromatic N) is 8. The van der Waals surface area contributed by atoms with Crippen molar-refractivity contribution >= 4 is 22.7 Å². The number of thiophene rings is 2. The van der Waals surface area contributed by atoms with Crippen LogP contribution in [0.3, 0.4) is 0 Å². The largest absolute Gasteiger partial charge is 0.255 e. The Morgan fingerprint density at radius 1 is 0.304 bits per heavy atom. The van der Waals surface area contributed by atoms with E-state index in [0.717, 1.165) is 53.7 Å². The average molecular weight is 631 g/mol. The SMILES string of the molecule is c1ccc(-c2cc(-c3ccc(-c4ccc(-c5cc(-c6ccccn6)nc(-c6ccccn6)n5)s4)s3)nc(-c3ccccn3)n2)nc1. The first kappa shape index (κ1) is 27.7. The van der Waals surface area contributed by atoms with Crippen LogP contribution in [0.2, 0.25) is 0 Å². The van der Waals surface area contributed by atoms with Crippen molar-refractivity contribution in [3.8, 4) is 76.7 Å². The van der Waals surface area contributed by atoms with Crippen LogP contribution in [0.5, 0.6) is 0 Å². The summed E-state index contributed by atoms with van der Waals surface area (Å²) in [7, 11) is 0. The normalized spacial score (nSPS) is 11.0. The second-order valence-corrected chi connectivity index (χ2v) is 12.3. The fraction of sp³-hybridized carbons (Fsp3) is 0. The fourth-order valence-electron chi connectivity index (χ4n) is 4.87. The zero-order valence-electron chi connectivity index (χ0n) is 24.1. The van der Waals surface area contributed by atoms with E-state index in [2.05, 4.69) is 44.2 Å². The summed E-state index contributed by atoms with van der Waals surface area (Å²) in [6, 6.07) is 35.5. The van der Waals surface area contributed by atoms with Gasteiger partial charge in [-0.1, -0.05) is 24.3 Å². The lowest BCUT2D eigenvalue weighted by Crippen LogP contribution is -1.97. The van der Waals surface area contributed by atoms with Crippen LogP contribution in [0.25, 0.3) is 76.7 Å². The van der Waals surface area contributed by atoms with Crippen LogP contribution >= 0.6 is 22.7 Å². The lowest BCUT2D eigenvalue weighted by molar-refractivity contribution is 1.14. The monoisotopic (exact) mass is 630 g/mol. The highest BCUT2D eigenvalue weighted by Gasteiger charge is 2.17. The minimum absolute atomic E-state index is 0.559. The van der Waals surface area contributed by atoms with E-state index < -0.39 is 0 Å². The third kappa shape index (κ3) is 5.70. The number of pyridine rings is 4. The van der Waals surface area contributed by atoms with Crippen LogP contribution < -0.4 is 0 Å². The summed E-state index contributed by atoms with van der Waals surface area (Å²) in [6.07, 6.45) is 7.04. The third-order valence-electron chi connectivity index (χ3n) is 7.05. The molecule has 8 nitrogen and oxygen atoms in total. The Hall–Kier alpha value is -5.84. The highest BCUT2D eigenvalue weighted by atomic mass is 32.1. The van der Waals surface area contributed by atoms with E-state index in [-0.39, 0.29) is 0 Å². The number of hydrogen-bond acceptors (Lipinski definition) is 10. The van der Waals surface area contributed by atoms with Crippen LogP contribution in [0, 0.1) is 0 Å². The zero-order chi connectivity index (χ0) is 30.7. The molecule has 0 aliphatic rings. The van der Waals surface area contributed by atoms with Crippen molar-refractivity contribution in [2.45, 2.75) is 0 Å². The Balaban J connectivity index is 1.16. The predicted octanol–water partition coefficient (Wildman–Crippen LogP) is 8.64. The van der Waals surface area contributed by atoms with Gasteiger partial charge in [-0.05, 0) is 84.9 Å². The van der Waals surface area contributed by atoms with Gasteiger partial charge in [-0.2, -0.15) is 0 Å². The standard InChI is InChI=1S/C36H22N8S2/c1-5-17-37-23(9-1)27-21-29(43-35(41-27)25-11-3-7-19-39-25)31-13-15-33(45-31)34-16-14-32(46-34)30-22-28(24-10-2-6-18-38-24)42-36(44-30)26-12-4-8-20-40-26/h1-22H. The predicted molar refractivity (Wildman–Crippen MR) is 183 cm³/mol. The molecule has 0 amide bonds. The molecule has 0 unspecified atom stereocenters. The molecule has 0 radical (unpaired) electrons. The Labute approximate surface area is 272 Å². The van der Waals surface area contributed by atoms with Crippen molar-refractivity contribution in [1.29, 1.82) is 0 Å². The zero-order valence-corrected chi connectivity index (χ0v) is 25.7. The molecule has 0 aromatic carbocycles. The van der Waals surface area contributed by atoms with E-state index in [1.807, 2.05) is 84.9 Å². The molecule has 0 N–H and O–H groups in total. The minimum atomic E-state index is 0.559. The van der Waals surface area contributed by atoms with Crippen molar-refractivity contribution < 1.29 is 0 Å². The quantitative estimate of drug-likeness (QED) is 0.172. The minimum Gasteiger partial charge on any atom is -0.255 e. The van der Waals surface area contributed by atoms with Crippen molar-refractivity contribution in [2.24, 2.45) is 0 Å². The van der Waals surface area contributed by atoms with Crippen molar-refractivity contribution in [3.05, 3.63) is 134 Å². The van der Waals surface area contributed by atoms with Crippen LogP contribution in [0.15, 0.2) is 134 Å². The lowest BCUT2D eigenvalue weighted by Gasteiger charge is -2.07. The molecule has 8 aromatic heterocycles. The Kier molecular flexibility index (Phi) is 7.39. The molecule has 0 bridgehead atoms. The van der Waals surface area contributed by atoms with Crippen LogP contribution in [-0.2, 0) is 0 Å². The van der Waals surface area contributed by atoms with E-state index in [1.54, 1.807) is 47.5 Å². The maximum absolute atomic E-state index is 4.92. The summed E-state index contributed by atoms with van der Waals surface area (Å²) in [5, 5.41) is 0. The summed E-state index contributed by atoms with van der Waals surface area (Å²) in [6.45, 7) is 0. The van der Waals surface area contributed by atoms with Gasteiger partial charge in [0.1, 0.15) is 11.4 Å². The first-order chi connectivity index (χ1) is 22.8. The molecule has 0 saturated heterocycles. The second-order valence-electron chi connectivity index (χ2n) is 10.1. The van der Waals surface area contributed by atoms with E-state index in [0.29, 0.717) is 23.0 Å². The molecule has 0 aliphatic carbocycles. The molecule has 46 heavy (non-hydrogen) atoms. The summed E-state index contributed by atoms with van der Waals surface area (Å²) in [4.78, 5) is 41.8. The van der Waals surface area contributed by atoms with Gasteiger partial charge in [-0.3, -0.25) is 19.9 Å². The molecule has 0 saturated carbocycles. The highest BCUT2D eigenvalue weighted by Crippen LogP contribution is 2.41. The maximum Gasteiger partial charge on any atom is 0.179 e. The second kappa shape index (κ2) is 12.3. The lowest BCUT2D eigenvalue weighted by atomic mass is 10.2. The van der Waals surface area contributed by atoms with Gasteiger partial charge in [-0.15, -0.1) is 22.7 Å². The van der Waals surface area contributed by atoms with Gasteiger partial charge >= 0.3 is 0 Å². The molecule has 10 heteroatoms. The molecule has 8 rings (SSSR count). The van der Waals surface area contributed by atoms with Gasteiger partial charge < -0.3 is 0 Å². The maximum atomic E-state index is 4.92. The molecular formula is C36H22N8S2. The van der Waals surface area contributed by atoms with Crippen LogP contribution in [0.1, 0.15) is 0 Å². The smallest absolute Gasteiger partial charge is 0.179 e. The molecule has 0 aliphatic heterocycles. The van der Waals surface area contributed by atoms with Gasteiger partial charge in [0.25, 0.3) is 0 Å². The topological polar surface area (TPSA) is 103 Å². The van der Waals surface area contributed by atoms with E-state index in [4.69, 9.17) is 19.9 Å².